The van der Waals surface area contributed by atoms with Crippen molar-refractivity contribution in [2.75, 3.05) is 5.32 Å². The van der Waals surface area contributed by atoms with Gasteiger partial charge in [0.15, 0.2) is 0 Å². The summed E-state index contributed by atoms with van der Waals surface area (Å²) >= 11 is 0. The molecule has 0 unspecified atom stereocenters. The predicted molar refractivity (Wildman–Crippen MR) is 74.2 cm³/mol. The van der Waals surface area contributed by atoms with Gasteiger partial charge in [-0.2, -0.15) is 0 Å². The van der Waals surface area contributed by atoms with Crippen LogP contribution in [0.15, 0.2) is 24.3 Å². The van der Waals surface area contributed by atoms with E-state index in [0.29, 0.717) is 12.1 Å². The number of benzene rings is 1. The summed E-state index contributed by atoms with van der Waals surface area (Å²) in [5.41, 5.74) is 1.60. The fourth-order valence-electron chi connectivity index (χ4n) is 1.70. The van der Waals surface area contributed by atoms with Gasteiger partial charge < -0.3 is 15.7 Å². The van der Waals surface area contributed by atoms with E-state index in [1.807, 2.05) is 32.0 Å². The molecule has 3 N–H and O–H groups in total. The van der Waals surface area contributed by atoms with Gasteiger partial charge in [0.05, 0.1) is 0 Å². The number of rotatable bonds is 5. The lowest BCUT2D eigenvalue weighted by Gasteiger charge is -2.20. The largest absolute Gasteiger partial charge is 0.480 e. The van der Waals surface area contributed by atoms with Crippen molar-refractivity contribution in [1.29, 1.82) is 0 Å². The molecule has 0 saturated heterocycles. The summed E-state index contributed by atoms with van der Waals surface area (Å²) < 4.78 is 0. The molecule has 0 aliphatic heterocycles. The number of carbonyl (C=O) groups is 2. The number of urea groups is 1. The van der Waals surface area contributed by atoms with Crippen molar-refractivity contribution in [2.45, 2.75) is 33.2 Å². The zero-order valence-corrected chi connectivity index (χ0v) is 11.4. The van der Waals surface area contributed by atoms with E-state index in [0.717, 1.165) is 5.56 Å². The topological polar surface area (TPSA) is 78.4 Å². The van der Waals surface area contributed by atoms with Crippen molar-refractivity contribution in [3.63, 3.8) is 0 Å². The van der Waals surface area contributed by atoms with Crippen LogP contribution in [0.1, 0.15) is 25.8 Å². The molecule has 1 rings (SSSR count). The van der Waals surface area contributed by atoms with E-state index in [-0.39, 0.29) is 5.92 Å². The Balaban J connectivity index is 2.68. The van der Waals surface area contributed by atoms with Crippen molar-refractivity contribution in [2.24, 2.45) is 5.92 Å². The highest BCUT2D eigenvalue weighted by atomic mass is 16.4. The van der Waals surface area contributed by atoms with E-state index < -0.39 is 18.0 Å². The molecule has 0 aliphatic carbocycles. The molecule has 5 heteroatoms. The van der Waals surface area contributed by atoms with E-state index in [2.05, 4.69) is 10.6 Å². The summed E-state index contributed by atoms with van der Waals surface area (Å²) in [5, 5.41) is 14.3. The first kappa shape index (κ1) is 15.0. The predicted octanol–water partition coefficient (Wildman–Crippen LogP) is 2.62. The van der Waals surface area contributed by atoms with Gasteiger partial charge in [-0.3, -0.25) is 0 Å². The quantitative estimate of drug-likeness (QED) is 0.765. The fraction of sp³-hybridized carbons (Fsp3) is 0.429. The van der Waals surface area contributed by atoms with Crippen LogP contribution < -0.4 is 10.6 Å². The van der Waals surface area contributed by atoms with Crippen molar-refractivity contribution < 1.29 is 14.7 Å². The van der Waals surface area contributed by atoms with Gasteiger partial charge in [0, 0.05) is 5.69 Å². The molecule has 0 saturated carbocycles. The summed E-state index contributed by atoms with van der Waals surface area (Å²) in [6.07, 6.45) is 0.682. The summed E-state index contributed by atoms with van der Waals surface area (Å²) in [6, 6.07) is 5.95. The number of para-hydroxylation sites is 1. The van der Waals surface area contributed by atoms with Gasteiger partial charge >= 0.3 is 12.0 Å². The normalized spacial score (nSPS) is 13.4. The zero-order chi connectivity index (χ0) is 14.4. The second-order valence-corrected chi connectivity index (χ2v) is 4.61. The van der Waals surface area contributed by atoms with E-state index in [1.165, 1.54) is 0 Å². The van der Waals surface area contributed by atoms with Crippen molar-refractivity contribution in [1.82, 2.24) is 5.32 Å². The number of carbonyl (C=O) groups excluding carboxylic acids is 1. The Morgan fingerprint density at radius 2 is 1.95 bits per heavy atom. The van der Waals surface area contributed by atoms with E-state index in [4.69, 9.17) is 5.11 Å². The molecule has 5 nitrogen and oxygen atoms in total. The number of hydrogen-bond acceptors (Lipinski definition) is 2. The van der Waals surface area contributed by atoms with Crippen molar-refractivity contribution >= 4 is 17.7 Å². The molecular formula is C14H20N2O3. The molecule has 0 fully saturated rings. The lowest BCUT2D eigenvalue weighted by Crippen LogP contribution is -2.46. The van der Waals surface area contributed by atoms with Crippen LogP contribution in [0, 0.1) is 12.8 Å². The van der Waals surface area contributed by atoms with Crippen LogP contribution in [0.4, 0.5) is 10.5 Å². The Hall–Kier alpha value is -2.04. The monoisotopic (exact) mass is 264 g/mol. The molecule has 2 atom stereocenters. The van der Waals surface area contributed by atoms with Crippen molar-refractivity contribution in [3.05, 3.63) is 29.8 Å². The van der Waals surface area contributed by atoms with Crippen LogP contribution >= 0.6 is 0 Å². The molecule has 0 radical (unpaired) electrons. The first-order chi connectivity index (χ1) is 8.95. The lowest BCUT2D eigenvalue weighted by atomic mass is 9.99. The number of amides is 2. The standard InChI is InChI=1S/C14H20N2O3/c1-4-9(2)12(13(17)18)16-14(19)15-11-8-6-5-7-10(11)3/h5-9,12H,4H2,1-3H3,(H,17,18)(H2,15,16,19)/t9-,12-/m0/s1. The highest BCUT2D eigenvalue weighted by Gasteiger charge is 2.25. The van der Waals surface area contributed by atoms with E-state index >= 15 is 0 Å². The summed E-state index contributed by atoms with van der Waals surface area (Å²) in [6.45, 7) is 5.56. The summed E-state index contributed by atoms with van der Waals surface area (Å²) in [5.74, 6) is -1.14. The minimum absolute atomic E-state index is 0.125. The Labute approximate surface area is 113 Å². The third-order valence-corrected chi connectivity index (χ3v) is 3.16. The molecule has 1 aromatic rings. The highest BCUT2D eigenvalue weighted by molar-refractivity contribution is 5.92. The van der Waals surface area contributed by atoms with E-state index in [1.54, 1.807) is 13.0 Å². The Kier molecular flexibility index (Phi) is 5.36. The molecular weight excluding hydrogens is 244 g/mol. The maximum absolute atomic E-state index is 11.8. The molecule has 104 valence electrons. The van der Waals surface area contributed by atoms with Crippen LogP contribution in [0.5, 0.6) is 0 Å². The average molecular weight is 264 g/mol. The molecule has 0 aliphatic rings. The molecule has 1 aromatic carbocycles. The molecule has 0 heterocycles. The molecule has 0 aromatic heterocycles. The van der Waals surface area contributed by atoms with Crippen LogP contribution in [0.2, 0.25) is 0 Å². The maximum atomic E-state index is 11.8. The highest BCUT2D eigenvalue weighted by Crippen LogP contribution is 2.13. The maximum Gasteiger partial charge on any atom is 0.326 e. The molecule has 2 amide bonds. The average Bonchev–Trinajstić information content (AvgIpc) is 2.37. The van der Waals surface area contributed by atoms with Gasteiger partial charge in [-0.15, -0.1) is 0 Å². The number of hydrogen-bond donors (Lipinski definition) is 3. The van der Waals surface area contributed by atoms with Crippen LogP contribution in [0.25, 0.3) is 0 Å². The molecule has 19 heavy (non-hydrogen) atoms. The first-order valence-corrected chi connectivity index (χ1v) is 6.31. The number of aliphatic carboxylic acids is 1. The van der Waals surface area contributed by atoms with Gasteiger partial charge in [-0.1, -0.05) is 38.5 Å². The summed E-state index contributed by atoms with van der Waals surface area (Å²) in [4.78, 5) is 22.9. The van der Waals surface area contributed by atoms with Gasteiger partial charge in [-0.05, 0) is 24.5 Å². The number of carboxylic acids is 1. The number of anilines is 1. The second kappa shape index (κ2) is 6.78. The Morgan fingerprint density at radius 1 is 1.32 bits per heavy atom. The van der Waals surface area contributed by atoms with Crippen LogP contribution in [0.3, 0.4) is 0 Å². The van der Waals surface area contributed by atoms with Gasteiger partial charge in [0.2, 0.25) is 0 Å². The van der Waals surface area contributed by atoms with Crippen LogP contribution in [-0.4, -0.2) is 23.1 Å². The first-order valence-electron chi connectivity index (χ1n) is 6.31. The van der Waals surface area contributed by atoms with Crippen molar-refractivity contribution in [3.8, 4) is 0 Å². The minimum Gasteiger partial charge on any atom is -0.480 e. The fourth-order valence-corrected chi connectivity index (χ4v) is 1.70. The Morgan fingerprint density at radius 3 is 2.47 bits per heavy atom. The number of aryl methyl sites for hydroxylation is 1. The smallest absolute Gasteiger partial charge is 0.326 e. The van der Waals surface area contributed by atoms with E-state index in [9.17, 15) is 9.59 Å². The summed E-state index contributed by atoms with van der Waals surface area (Å²) in [7, 11) is 0. The minimum atomic E-state index is -1.02. The second-order valence-electron chi connectivity index (χ2n) is 4.61. The van der Waals surface area contributed by atoms with Gasteiger partial charge in [0.1, 0.15) is 6.04 Å². The zero-order valence-electron chi connectivity index (χ0n) is 11.4. The number of nitrogens with one attached hydrogen (secondary N) is 2. The lowest BCUT2D eigenvalue weighted by molar-refractivity contribution is -0.140. The third kappa shape index (κ3) is 4.28. The molecule has 0 bridgehead atoms. The SMILES string of the molecule is CC[C@H](C)[C@H](NC(=O)Nc1ccccc1C)C(=O)O. The molecule has 0 spiro atoms. The third-order valence-electron chi connectivity index (χ3n) is 3.16. The number of carboxylic acid groups (broad SMARTS) is 1. The van der Waals surface area contributed by atoms with Gasteiger partial charge in [0.25, 0.3) is 0 Å². The van der Waals surface area contributed by atoms with Gasteiger partial charge in [-0.25, -0.2) is 9.59 Å². The Bertz CT molecular complexity index is 460. The van der Waals surface area contributed by atoms with Crippen LogP contribution in [-0.2, 0) is 4.79 Å².